The van der Waals surface area contributed by atoms with Gasteiger partial charge in [-0.3, -0.25) is 4.90 Å². The molecular weight excluding hydrogens is 440 g/mol. The highest BCUT2D eigenvalue weighted by molar-refractivity contribution is 5.35. The minimum Gasteiger partial charge on any atom is -0.501 e. The molecule has 0 saturated heterocycles. The number of likely N-dealkylation sites (N-methyl/N-ethyl adjacent to an activating group) is 1. The average Bonchev–Trinajstić information content (AvgIpc) is 2.86. The molecule has 0 amide bonds. The monoisotopic (exact) mass is 498 g/mol. The summed E-state index contributed by atoms with van der Waals surface area (Å²) in [5.41, 5.74) is 5.40. The van der Waals surface area contributed by atoms with Gasteiger partial charge in [0, 0.05) is 18.8 Å². The molecule has 0 saturated carbocycles. The van der Waals surface area contributed by atoms with Crippen LogP contribution in [0.15, 0.2) is 71.2 Å². The van der Waals surface area contributed by atoms with Crippen molar-refractivity contribution in [3.8, 4) is 0 Å². The van der Waals surface area contributed by atoms with Crippen molar-refractivity contribution >= 4 is 0 Å². The molecule has 0 rings (SSSR count). The van der Waals surface area contributed by atoms with Crippen molar-refractivity contribution in [2.45, 2.75) is 113 Å². The third kappa shape index (κ3) is 15.2. The van der Waals surface area contributed by atoms with Gasteiger partial charge in [-0.15, -0.1) is 0 Å². The molecule has 3 heteroatoms. The largest absolute Gasteiger partial charge is 0.501 e. The number of unbranched alkanes of at least 4 members (excludes halogenated alkanes) is 3. The zero-order valence-corrected chi connectivity index (χ0v) is 25.3. The number of hydrogen-bond donors (Lipinski definition) is 0. The van der Waals surface area contributed by atoms with Crippen molar-refractivity contribution in [1.82, 2.24) is 9.80 Å². The van der Waals surface area contributed by atoms with Crippen molar-refractivity contribution in [1.29, 1.82) is 0 Å². The fraction of sp³-hybridized carbons (Fsp3) is 0.636. The Morgan fingerprint density at radius 1 is 0.861 bits per heavy atom. The molecule has 3 nitrogen and oxygen atoms in total. The third-order valence-corrected chi connectivity index (χ3v) is 6.24. The first-order valence-electron chi connectivity index (χ1n) is 14.5. The van der Waals surface area contributed by atoms with Gasteiger partial charge in [-0.05, 0) is 83.2 Å². The second-order valence-corrected chi connectivity index (χ2v) is 9.84. The van der Waals surface area contributed by atoms with E-state index in [1.54, 1.807) is 0 Å². The van der Waals surface area contributed by atoms with Crippen LogP contribution in [0, 0.1) is 0 Å². The molecule has 1 atom stereocenters. The highest BCUT2D eigenvalue weighted by atomic mass is 16.5. The molecule has 0 fully saturated rings. The number of hydrogen-bond acceptors (Lipinski definition) is 3. The van der Waals surface area contributed by atoms with Crippen molar-refractivity contribution in [2.75, 3.05) is 26.7 Å². The van der Waals surface area contributed by atoms with Crippen LogP contribution in [-0.2, 0) is 4.74 Å². The molecule has 0 aliphatic heterocycles. The fourth-order valence-electron chi connectivity index (χ4n) is 3.96. The summed E-state index contributed by atoms with van der Waals surface area (Å²) >= 11 is 0. The van der Waals surface area contributed by atoms with E-state index in [0.717, 1.165) is 51.8 Å². The van der Waals surface area contributed by atoms with E-state index in [9.17, 15) is 0 Å². The Labute approximate surface area is 225 Å². The zero-order chi connectivity index (χ0) is 27.2. The lowest BCUT2D eigenvalue weighted by molar-refractivity contribution is 0.114. The van der Waals surface area contributed by atoms with Crippen molar-refractivity contribution < 1.29 is 4.74 Å². The first-order valence-corrected chi connectivity index (χ1v) is 14.5. The molecule has 0 N–H and O–H groups in total. The van der Waals surface area contributed by atoms with Crippen LogP contribution >= 0.6 is 0 Å². The lowest BCUT2D eigenvalue weighted by atomic mass is 10.0. The molecule has 0 aromatic rings. The highest BCUT2D eigenvalue weighted by Crippen LogP contribution is 2.20. The molecule has 0 aromatic carbocycles. The van der Waals surface area contributed by atoms with Crippen LogP contribution in [0.2, 0.25) is 0 Å². The summed E-state index contributed by atoms with van der Waals surface area (Å²) in [5.74, 6) is 0. The maximum atomic E-state index is 5.85. The number of allylic oxidation sites excluding steroid dienone is 8. The van der Waals surface area contributed by atoms with Crippen LogP contribution in [0.1, 0.15) is 107 Å². The first kappa shape index (κ1) is 34.0. The summed E-state index contributed by atoms with van der Waals surface area (Å²) in [6.07, 6.45) is 26.9. The molecule has 206 valence electrons. The Kier molecular flexibility index (Phi) is 21.0. The van der Waals surface area contributed by atoms with Gasteiger partial charge in [0.2, 0.25) is 0 Å². The topological polar surface area (TPSA) is 15.7 Å². The van der Waals surface area contributed by atoms with Crippen molar-refractivity contribution in [3.63, 3.8) is 0 Å². The Hall–Kier alpha value is -2.00. The van der Waals surface area contributed by atoms with E-state index in [4.69, 9.17) is 4.74 Å². The SMILES string of the molecule is CC/C=C\C(CN(C)C(C)N(CCCC)C(/C=C/OCCCCC)=C/C=C/CC)=C(\C=C(C)C)CC. The van der Waals surface area contributed by atoms with Gasteiger partial charge >= 0.3 is 0 Å². The second-order valence-electron chi connectivity index (χ2n) is 9.84. The van der Waals surface area contributed by atoms with Crippen LogP contribution in [0.5, 0.6) is 0 Å². The minimum atomic E-state index is 0.248. The van der Waals surface area contributed by atoms with E-state index in [2.05, 4.69) is 115 Å². The van der Waals surface area contributed by atoms with Crippen LogP contribution in [-0.4, -0.2) is 42.7 Å². The molecule has 1 unspecified atom stereocenters. The molecule has 0 aliphatic carbocycles. The average molecular weight is 499 g/mol. The van der Waals surface area contributed by atoms with Gasteiger partial charge in [0.1, 0.15) is 0 Å². The number of rotatable bonds is 20. The fourth-order valence-corrected chi connectivity index (χ4v) is 3.96. The van der Waals surface area contributed by atoms with Gasteiger partial charge in [0.05, 0.1) is 19.0 Å². The second kappa shape index (κ2) is 22.2. The van der Waals surface area contributed by atoms with Gasteiger partial charge in [0.25, 0.3) is 0 Å². The minimum absolute atomic E-state index is 0.248. The Balaban J connectivity index is 6.02. The van der Waals surface area contributed by atoms with Crippen LogP contribution < -0.4 is 0 Å². The molecule has 0 aromatic heterocycles. The molecule has 36 heavy (non-hydrogen) atoms. The van der Waals surface area contributed by atoms with E-state index in [0.29, 0.717) is 0 Å². The predicted molar refractivity (Wildman–Crippen MR) is 162 cm³/mol. The van der Waals surface area contributed by atoms with Gasteiger partial charge in [-0.25, -0.2) is 0 Å². The summed E-state index contributed by atoms with van der Waals surface area (Å²) < 4.78 is 5.85. The van der Waals surface area contributed by atoms with E-state index < -0.39 is 0 Å². The molecule has 0 radical (unpaired) electrons. The van der Waals surface area contributed by atoms with E-state index in [1.807, 2.05) is 6.26 Å². The van der Waals surface area contributed by atoms with Gasteiger partial charge in [-0.1, -0.05) is 89.8 Å². The summed E-state index contributed by atoms with van der Waals surface area (Å²) in [4.78, 5) is 5.01. The van der Waals surface area contributed by atoms with Crippen LogP contribution in [0.3, 0.4) is 0 Å². The predicted octanol–water partition coefficient (Wildman–Crippen LogP) is 9.58. The van der Waals surface area contributed by atoms with E-state index in [-0.39, 0.29) is 6.17 Å². The van der Waals surface area contributed by atoms with Crippen LogP contribution in [0.4, 0.5) is 0 Å². The quantitative estimate of drug-likeness (QED) is 0.0719. The Morgan fingerprint density at radius 2 is 1.56 bits per heavy atom. The van der Waals surface area contributed by atoms with Gasteiger partial charge in [0.15, 0.2) is 0 Å². The maximum absolute atomic E-state index is 5.85. The van der Waals surface area contributed by atoms with Crippen molar-refractivity contribution in [3.05, 3.63) is 71.2 Å². The summed E-state index contributed by atoms with van der Waals surface area (Å²) in [5, 5.41) is 0. The standard InChI is InChI=1S/C33H58N2O/c1-10-15-19-22-33(23-26-36-25-20-16-11-2)35(24-18-13-4)30(8)34(9)28-32(21-17-12-3)31(14-5)27-29(6)7/h15,17,19,21-23,26-27,30H,10-14,16,18,20,24-25,28H2,1-9H3/b19-15+,21-17-,26-23+,32-31-,33-22+. The lowest BCUT2D eigenvalue weighted by Crippen LogP contribution is -2.45. The van der Waals surface area contributed by atoms with Gasteiger partial charge in [-0.2, -0.15) is 0 Å². The number of nitrogens with zero attached hydrogens (tertiary/aromatic N) is 2. The van der Waals surface area contributed by atoms with E-state index in [1.165, 1.54) is 41.7 Å². The first-order chi connectivity index (χ1) is 17.4. The molecule has 0 heterocycles. The maximum Gasteiger partial charge on any atom is 0.0873 e. The molecular formula is C33H58N2O. The Morgan fingerprint density at radius 3 is 2.14 bits per heavy atom. The van der Waals surface area contributed by atoms with Gasteiger partial charge < -0.3 is 9.64 Å². The van der Waals surface area contributed by atoms with Crippen molar-refractivity contribution in [2.24, 2.45) is 0 Å². The number of ether oxygens (including phenoxy) is 1. The normalized spacial score (nSPS) is 14.2. The highest BCUT2D eigenvalue weighted by Gasteiger charge is 2.20. The van der Waals surface area contributed by atoms with Crippen LogP contribution in [0.25, 0.3) is 0 Å². The zero-order valence-electron chi connectivity index (χ0n) is 25.3. The third-order valence-electron chi connectivity index (χ3n) is 6.24. The molecule has 0 bridgehead atoms. The molecule has 0 spiro atoms. The summed E-state index contributed by atoms with van der Waals surface area (Å²) in [6, 6.07) is 0. The summed E-state index contributed by atoms with van der Waals surface area (Å²) in [7, 11) is 2.25. The lowest BCUT2D eigenvalue weighted by Gasteiger charge is -2.38. The molecule has 0 aliphatic rings. The summed E-state index contributed by atoms with van der Waals surface area (Å²) in [6.45, 7) is 20.6. The smallest absolute Gasteiger partial charge is 0.0873 e. The van der Waals surface area contributed by atoms with E-state index >= 15 is 0 Å². The Bertz CT molecular complexity index is 735.